The van der Waals surface area contributed by atoms with E-state index in [9.17, 15) is 19.5 Å². The second kappa shape index (κ2) is 11.6. The summed E-state index contributed by atoms with van der Waals surface area (Å²) in [4.78, 5) is 39.7. The Labute approximate surface area is 273 Å². The molecule has 254 valence electrons. The molecule has 11 nitrogen and oxygen atoms in total. The van der Waals surface area contributed by atoms with Crippen LogP contribution in [0.2, 0.25) is 18.1 Å². The molecule has 0 radical (unpaired) electrons. The van der Waals surface area contributed by atoms with Crippen molar-refractivity contribution in [3.05, 3.63) is 35.1 Å². The van der Waals surface area contributed by atoms with Crippen molar-refractivity contribution in [2.45, 2.75) is 127 Å². The van der Waals surface area contributed by atoms with Crippen molar-refractivity contribution in [2.24, 2.45) is 0 Å². The minimum absolute atomic E-state index is 0.0185. The van der Waals surface area contributed by atoms with E-state index < -0.39 is 55.2 Å². The lowest BCUT2D eigenvalue weighted by molar-refractivity contribution is -0.169. The molecule has 2 bridgehead atoms. The number of benzene rings is 1. The number of nitrogens with one attached hydrogen (secondary N) is 1. The number of ether oxygens (including phenoxy) is 4. The number of nitrogens with zero attached hydrogens (tertiary/aromatic N) is 1. The van der Waals surface area contributed by atoms with Crippen LogP contribution in [0.15, 0.2) is 24.0 Å². The van der Waals surface area contributed by atoms with Crippen molar-refractivity contribution < 1.29 is 42.9 Å². The molecule has 1 fully saturated rings. The Morgan fingerprint density at radius 1 is 1.17 bits per heavy atom. The van der Waals surface area contributed by atoms with E-state index in [0.717, 1.165) is 17.7 Å². The zero-order valence-electron chi connectivity index (χ0n) is 28.9. The summed E-state index contributed by atoms with van der Waals surface area (Å²) in [6.07, 6.45) is 0.541. The molecule has 5 rings (SSSR count). The average molecular weight is 659 g/mol. The number of hydrogen-bond acceptors (Lipinski definition) is 10. The van der Waals surface area contributed by atoms with E-state index in [1.165, 1.54) is 6.92 Å². The van der Waals surface area contributed by atoms with E-state index in [-0.39, 0.29) is 24.0 Å². The zero-order chi connectivity index (χ0) is 34.0. The standard InChI is InChI=1S/C34H50N2O9Si/c1-20(41-30(39)44-31(2,3)4)29(38)35-17-14-25(37)42-23-13-15-34(40)24-19-21-11-12-22(45-46(9,10)32(5,6)7)27-26(21)33(34,28(23)43-27)16-18-36(24)8/h11-13,20,24,28,40H,14-19H2,1-10H3,(H,35,38). The summed E-state index contributed by atoms with van der Waals surface area (Å²) in [6, 6.07) is 3.99. The van der Waals surface area contributed by atoms with Crippen LogP contribution in [0, 0.1) is 0 Å². The van der Waals surface area contributed by atoms with Gasteiger partial charge in [0.2, 0.25) is 0 Å². The number of carbonyl (C=O) groups excluding carboxylic acids is 3. The number of rotatable bonds is 8. The molecule has 46 heavy (non-hydrogen) atoms. The first-order chi connectivity index (χ1) is 21.2. The normalized spacial score (nSPS) is 27.4. The number of esters is 1. The van der Waals surface area contributed by atoms with E-state index >= 15 is 0 Å². The lowest BCUT2D eigenvalue weighted by Gasteiger charge is -2.61. The summed E-state index contributed by atoms with van der Waals surface area (Å²) in [5.41, 5.74) is -0.565. The van der Waals surface area contributed by atoms with Gasteiger partial charge in [-0.25, -0.2) is 4.79 Å². The number of piperidine rings is 1. The van der Waals surface area contributed by atoms with Crippen molar-refractivity contribution in [3.63, 3.8) is 0 Å². The number of carbonyl (C=O) groups is 3. The van der Waals surface area contributed by atoms with Gasteiger partial charge in [-0.15, -0.1) is 0 Å². The zero-order valence-corrected chi connectivity index (χ0v) is 29.9. The van der Waals surface area contributed by atoms with Crippen LogP contribution < -0.4 is 14.5 Å². The van der Waals surface area contributed by atoms with Crippen LogP contribution in [0.5, 0.6) is 11.5 Å². The van der Waals surface area contributed by atoms with E-state index in [0.29, 0.717) is 36.5 Å². The molecule has 2 aliphatic heterocycles. The maximum absolute atomic E-state index is 13.1. The highest BCUT2D eigenvalue weighted by Crippen LogP contribution is 2.65. The Balaban J connectivity index is 1.33. The van der Waals surface area contributed by atoms with Crippen LogP contribution in [-0.4, -0.2) is 85.9 Å². The number of likely N-dealkylation sites (N-methyl/N-ethyl adjacent to an activating group) is 1. The largest absolute Gasteiger partial charge is 0.541 e. The fourth-order valence-electron chi connectivity index (χ4n) is 7.02. The molecular weight excluding hydrogens is 608 g/mol. The molecule has 1 amide bonds. The van der Waals surface area contributed by atoms with Crippen LogP contribution >= 0.6 is 0 Å². The van der Waals surface area contributed by atoms with Crippen LogP contribution in [0.3, 0.4) is 0 Å². The lowest BCUT2D eigenvalue weighted by Crippen LogP contribution is -2.74. The third-order valence-electron chi connectivity index (χ3n) is 10.4. The van der Waals surface area contributed by atoms with Crippen LogP contribution in [0.25, 0.3) is 0 Å². The quantitative estimate of drug-likeness (QED) is 0.298. The lowest BCUT2D eigenvalue weighted by atomic mass is 9.50. The minimum Gasteiger partial charge on any atom is -0.541 e. The second-order valence-corrected chi connectivity index (χ2v) is 20.4. The molecule has 4 aliphatic rings. The molecular formula is C34H50N2O9Si. The first-order valence-corrected chi connectivity index (χ1v) is 19.1. The maximum Gasteiger partial charge on any atom is 0.509 e. The van der Waals surface area contributed by atoms with E-state index in [4.69, 9.17) is 23.4 Å². The van der Waals surface area contributed by atoms with Gasteiger partial charge in [-0.05, 0) is 90.0 Å². The van der Waals surface area contributed by atoms with Gasteiger partial charge in [0.05, 0.1) is 17.4 Å². The van der Waals surface area contributed by atoms with Gasteiger partial charge in [0.15, 0.2) is 18.0 Å². The molecule has 0 aromatic heterocycles. The van der Waals surface area contributed by atoms with Crippen LogP contribution in [0.1, 0.15) is 78.9 Å². The third-order valence-corrected chi connectivity index (χ3v) is 14.7. The number of aliphatic hydroxyl groups is 1. The predicted octanol–water partition coefficient (Wildman–Crippen LogP) is 4.74. The fraction of sp³-hybridized carbons (Fsp3) is 0.676. The SMILES string of the molecule is CC(OC(=O)OC(C)(C)C)C(=O)NCCC(=O)OC1=CCC2(O)C3Cc4ccc(O[Si](C)(C)C(C)(C)C)c5c4C2(CCN3C)C1O5. The van der Waals surface area contributed by atoms with Crippen LogP contribution in [0.4, 0.5) is 4.79 Å². The predicted molar refractivity (Wildman–Crippen MR) is 173 cm³/mol. The minimum atomic E-state index is -2.23. The van der Waals surface area contributed by atoms with Gasteiger partial charge in [-0.2, -0.15) is 0 Å². The molecule has 1 aromatic rings. The molecule has 2 aliphatic carbocycles. The maximum atomic E-state index is 13.1. The highest BCUT2D eigenvalue weighted by Gasteiger charge is 2.72. The highest BCUT2D eigenvalue weighted by molar-refractivity contribution is 6.74. The van der Waals surface area contributed by atoms with Crippen molar-refractivity contribution in [2.75, 3.05) is 20.1 Å². The average Bonchev–Trinajstić information content (AvgIpc) is 3.27. The first-order valence-electron chi connectivity index (χ1n) is 16.2. The summed E-state index contributed by atoms with van der Waals surface area (Å²) in [6.45, 7) is 18.2. The van der Waals surface area contributed by atoms with Gasteiger partial charge in [0, 0.05) is 24.6 Å². The smallest absolute Gasteiger partial charge is 0.509 e. The van der Waals surface area contributed by atoms with Crippen molar-refractivity contribution in [1.82, 2.24) is 10.2 Å². The molecule has 5 atom stereocenters. The number of likely N-dealkylation sites (tertiary alicyclic amines) is 1. The molecule has 5 unspecified atom stereocenters. The van der Waals surface area contributed by atoms with Gasteiger partial charge in [-0.1, -0.05) is 26.8 Å². The molecule has 12 heteroatoms. The van der Waals surface area contributed by atoms with E-state index in [1.54, 1.807) is 26.8 Å². The van der Waals surface area contributed by atoms with E-state index in [2.05, 4.69) is 50.1 Å². The van der Waals surface area contributed by atoms with Gasteiger partial charge in [0.25, 0.3) is 14.2 Å². The summed E-state index contributed by atoms with van der Waals surface area (Å²) in [7, 11) is -0.183. The van der Waals surface area contributed by atoms with Crippen molar-refractivity contribution in [3.8, 4) is 11.5 Å². The number of hydrogen-bond donors (Lipinski definition) is 2. The number of amides is 1. The Hall–Kier alpha value is -3.09. The third kappa shape index (κ3) is 5.81. The van der Waals surface area contributed by atoms with Gasteiger partial charge < -0.3 is 38.7 Å². The van der Waals surface area contributed by atoms with Gasteiger partial charge in [-0.3, -0.25) is 9.59 Å². The molecule has 2 heterocycles. The Kier molecular flexibility index (Phi) is 8.60. The Bertz CT molecular complexity index is 1440. The molecule has 1 aromatic carbocycles. The van der Waals surface area contributed by atoms with Crippen LogP contribution in [-0.2, 0) is 35.6 Å². The highest BCUT2D eigenvalue weighted by atomic mass is 28.4. The monoisotopic (exact) mass is 658 g/mol. The summed E-state index contributed by atoms with van der Waals surface area (Å²) < 4.78 is 29.6. The molecule has 1 saturated heterocycles. The summed E-state index contributed by atoms with van der Waals surface area (Å²) >= 11 is 0. The van der Waals surface area contributed by atoms with Crippen molar-refractivity contribution >= 4 is 26.3 Å². The van der Waals surface area contributed by atoms with Crippen molar-refractivity contribution in [1.29, 1.82) is 0 Å². The summed E-state index contributed by atoms with van der Waals surface area (Å²) in [5.74, 6) is 0.574. The topological polar surface area (TPSA) is 133 Å². The van der Waals surface area contributed by atoms with Gasteiger partial charge in [0.1, 0.15) is 17.1 Å². The molecule has 0 saturated carbocycles. The Morgan fingerprint density at radius 3 is 2.52 bits per heavy atom. The Morgan fingerprint density at radius 2 is 1.87 bits per heavy atom. The van der Waals surface area contributed by atoms with E-state index in [1.807, 2.05) is 13.1 Å². The summed E-state index contributed by atoms with van der Waals surface area (Å²) in [5, 5.41) is 15.1. The second-order valence-electron chi connectivity index (χ2n) is 15.7. The first kappa shape index (κ1) is 34.2. The van der Waals surface area contributed by atoms with Gasteiger partial charge >= 0.3 is 12.1 Å². The molecule has 2 N–H and O–H groups in total. The molecule has 1 spiro atoms. The fourth-order valence-corrected chi connectivity index (χ4v) is 8.04.